The van der Waals surface area contributed by atoms with E-state index in [-0.39, 0.29) is 19.3 Å². The Hall–Kier alpha value is -4.42. The van der Waals surface area contributed by atoms with Crippen LogP contribution < -0.4 is 17.0 Å². The molecule has 0 aromatic carbocycles. The number of rotatable bonds is 26. The van der Waals surface area contributed by atoms with E-state index < -0.39 is 156 Å². The molecule has 3 aliphatic heterocycles. The van der Waals surface area contributed by atoms with Crippen molar-refractivity contribution >= 4 is 40.2 Å². The molecule has 392 valence electrons. The van der Waals surface area contributed by atoms with Crippen LogP contribution in [0.15, 0.2) is 21.9 Å². The third-order valence-corrected chi connectivity index (χ3v) is 12.7. The third-order valence-electron chi connectivity index (χ3n) is 12.2. The van der Waals surface area contributed by atoms with E-state index in [0.717, 1.165) is 62.7 Å². The predicted molar refractivity (Wildman–Crippen MR) is 235 cm³/mol. The number of esters is 2. The van der Waals surface area contributed by atoms with E-state index in [4.69, 9.17) is 29.4 Å². The number of amides is 1. The number of ether oxygens (including phenoxy) is 5. The molecule has 3 fully saturated rings. The maximum atomic E-state index is 14.6. The molecule has 1 amide bonds. The number of hydrogen-bond donors (Lipinski definition) is 8. The van der Waals surface area contributed by atoms with Crippen molar-refractivity contribution in [3.63, 3.8) is 0 Å². The zero-order valence-electron chi connectivity index (χ0n) is 39.1. The van der Waals surface area contributed by atoms with Crippen molar-refractivity contribution in [1.82, 2.24) is 19.4 Å². The van der Waals surface area contributed by atoms with Crippen LogP contribution in [0.5, 0.6) is 0 Å². The smallest absolute Gasteiger partial charge is 0.397 e. The Kier molecular flexibility index (Phi) is 21.2. The number of nitrogens with zero attached hydrogens (tertiary/aromatic N) is 3. The number of unbranched alkanes of at least 4 members (excludes halogenated alkanes) is 5. The SMILES string of the molecule is CC(C)CCCCCCCC[C@@H](CC(=O)O[C@H]1CN(C)[C@H]([C@H](O[C@@H]2O[C@H](CN)[C@@H](O)[C@H]2OS(=O)(=O)O)[C@H]2O[C@@H](n3ccc(=O)[nH]c3=O)[C@H](O)[C@@H]2O)C(=O)N(C)[C@@H]1C(=O)O)OC(=O)C[C@H](C)CC(=O)O. The molecule has 14 atom stereocenters. The maximum Gasteiger partial charge on any atom is 0.397 e. The molecule has 0 spiro atoms. The number of hydrogen-bond acceptors (Lipinski definition) is 20. The van der Waals surface area contributed by atoms with Gasteiger partial charge in [-0.05, 0) is 31.7 Å². The molecule has 26 nitrogen and oxygen atoms in total. The van der Waals surface area contributed by atoms with Gasteiger partial charge in [-0.1, -0.05) is 59.3 Å². The Morgan fingerprint density at radius 3 is 2.10 bits per heavy atom. The molecule has 0 saturated carbocycles. The summed E-state index contributed by atoms with van der Waals surface area (Å²) in [6.07, 6.45) is -13.7. The number of likely N-dealkylation sites (N-methyl/N-ethyl adjacent to an activating group) is 2. The van der Waals surface area contributed by atoms with Crippen molar-refractivity contribution in [3.8, 4) is 0 Å². The van der Waals surface area contributed by atoms with Gasteiger partial charge in [0.1, 0.15) is 54.9 Å². The fraction of sp³-hybridized carbons (Fsp3) is 0.786. The number of carbonyl (C=O) groups excluding carboxylic acids is 3. The molecule has 69 heavy (non-hydrogen) atoms. The monoisotopic (exact) mass is 1010 g/mol. The summed E-state index contributed by atoms with van der Waals surface area (Å²) in [7, 11) is -3.06. The minimum Gasteiger partial charge on any atom is -0.481 e. The summed E-state index contributed by atoms with van der Waals surface area (Å²) < 4.78 is 67.9. The molecule has 0 aliphatic carbocycles. The first-order valence-corrected chi connectivity index (χ1v) is 24.2. The minimum absolute atomic E-state index is 0.208. The second kappa shape index (κ2) is 25.6. The lowest BCUT2D eigenvalue weighted by atomic mass is 9.97. The van der Waals surface area contributed by atoms with Crippen LogP contribution in [0.3, 0.4) is 0 Å². The number of H-pyrrole nitrogens is 1. The van der Waals surface area contributed by atoms with Gasteiger partial charge in [-0.15, -0.1) is 0 Å². The summed E-state index contributed by atoms with van der Waals surface area (Å²) in [6, 6.07) is -2.88. The number of carbonyl (C=O) groups is 5. The van der Waals surface area contributed by atoms with E-state index in [0.29, 0.717) is 21.8 Å². The standard InChI is InChI=1S/C42H67N5O21S/c1-21(2)12-10-8-6-7-9-11-13-23(63-28(51)17-22(3)16-27(49)50)18-29(52)64-25-20-45(4)31(38(56)46(5)30(25)40(57)58)35(67-41-37(68-69(60,61)62)32(53)24(19-43)65-41)36-33(54)34(55)39(66-36)47-15-14-26(48)44-42(47)59/h14-15,21-25,30-37,39,41,53-55H,6-13,16-20,43H2,1-5H3,(H,49,50)(H,57,58)(H,44,48,59)(H,60,61,62)/t22-,23+,24-,25+,30+,31-,32-,33+,34-,35+,36+,37-,39-,41+/m1/s1. The molecule has 3 saturated heterocycles. The highest BCUT2D eigenvalue weighted by atomic mass is 32.3. The van der Waals surface area contributed by atoms with Crippen molar-refractivity contribution in [2.24, 2.45) is 17.6 Å². The van der Waals surface area contributed by atoms with Crippen molar-refractivity contribution in [3.05, 3.63) is 33.1 Å². The van der Waals surface area contributed by atoms with Crippen molar-refractivity contribution in [1.29, 1.82) is 0 Å². The van der Waals surface area contributed by atoms with Crippen LogP contribution >= 0.6 is 0 Å². The summed E-state index contributed by atoms with van der Waals surface area (Å²) in [5.41, 5.74) is 3.79. The van der Waals surface area contributed by atoms with Crippen LogP contribution in [0, 0.1) is 11.8 Å². The maximum absolute atomic E-state index is 14.6. The number of aromatic amines is 1. The average molecular weight is 1010 g/mol. The Labute approximate surface area is 397 Å². The Morgan fingerprint density at radius 1 is 0.884 bits per heavy atom. The summed E-state index contributed by atoms with van der Waals surface area (Å²) in [6.45, 7) is 4.77. The highest BCUT2D eigenvalue weighted by molar-refractivity contribution is 7.80. The van der Waals surface area contributed by atoms with Crippen LogP contribution in [0.1, 0.15) is 97.6 Å². The lowest BCUT2D eigenvalue weighted by Crippen LogP contribution is -2.60. The number of carboxylic acids is 2. The topological polar surface area (TPSA) is 384 Å². The number of carboxylic acid groups (broad SMARTS) is 2. The molecule has 9 N–H and O–H groups in total. The van der Waals surface area contributed by atoms with Gasteiger partial charge in [0, 0.05) is 45.2 Å². The quantitative estimate of drug-likeness (QED) is 0.0297. The van der Waals surface area contributed by atoms with Crippen LogP contribution in [-0.2, 0) is 62.2 Å². The van der Waals surface area contributed by atoms with Crippen LogP contribution in [-0.4, -0.2) is 188 Å². The van der Waals surface area contributed by atoms with Gasteiger partial charge in [-0.25, -0.2) is 13.8 Å². The van der Waals surface area contributed by atoms with E-state index in [9.17, 15) is 72.1 Å². The molecular formula is C42H67N5O21S. The first-order chi connectivity index (χ1) is 32.3. The Bertz CT molecular complexity index is 2140. The van der Waals surface area contributed by atoms with Gasteiger partial charge in [0.15, 0.2) is 24.7 Å². The molecule has 1 aromatic rings. The zero-order chi connectivity index (χ0) is 51.5. The minimum atomic E-state index is -5.37. The molecule has 4 rings (SSSR count). The highest BCUT2D eigenvalue weighted by Crippen LogP contribution is 2.37. The summed E-state index contributed by atoms with van der Waals surface area (Å²) >= 11 is 0. The van der Waals surface area contributed by atoms with Gasteiger partial charge < -0.3 is 59.9 Å². The van der Waals surface area contributed by atoms with Gasteiger partial charge in [0.2, 0.25) is 5.91 Å². The van der Waals surface area contributed by atoms with E-state index in [1.165, 1.54) is 7.05 Å². The van der Waals surface area contributed by atoms with Gasteiger partial charge in [0.25, 0.3) is 5.56 Å². The first kappa shape index (κ1) is 57.2. The fourth-order valence-electron chi connectivity index (χ4n) is 8.78. The Morgan fingerprint density at radius 2 is 1.52 bits per heavy atom. The first-order valence-electron chi connectivity index (χ1n) is 22.8. The number of aliphatic hydroxyl groups excluding tert-OH is 3. The zero-order valence-corrected chi connectivity index (χ0v) is 40.0. The molecule has 3 aliphatic rings. The van der Waals surface area contributed by atoms with Crippen LogP contribution in [0.4, 0.5) is 0 Å². The highest BCUT2D eigenvalue weighted by Gasteiger charge is 2.58. The van der Waals surface area contributed by atoms with Crippen molar-refractivity contribution in [2.75, 3.05) is 27.2 Å². The number of aliphatic hydroxyl groups is 3. The van der Waals surface area contributed by atoms with E-state index in [1.807, 2.05) is 4.98 Å². The van der Waals surface area contributed by atoms with Crippen molar-refractivity contribution in [2.45, 2.75) is 171 Å². The molecule has 4 heterocycles. The summed E-state index contributed by atoms with van der Waals surface area (Å²) in [5.74, 6) is -5.68. The molecule has 0 unspecified atom stereocenters. The third kappa shape index (κ3) is 16.0. The average Bonchev–Trinajstić information content (AvgIpc) is 3.65. The number of nitrogens with one attached hydrogen (secondary N) is 1. The largest absolute Gasteiger partial charge is 0.481 e. The van der Waals surface area contributed by atoms with Crippen LogP contribution in [0.2, 0.25) is 0 Å². The number of aliphatic carboxylic acids is 2. The molecule has 0 radical (unpaired) electrons. The van der Waals surface area contributed by atoms with E-state index in [2.05, 4.69) is 18.0 Å². The molecule has 0 bridgehead atoms. The number of nitrogens with two attached hydrogens (primary N) is 1. The van der Waals surface area contributed by atoms with E-state index in [1.54, 1.807) is 6.92 Å². The fourth-order valence-corrected chi connectivity index (χ4v) is 9.26. The number of aromatic nitrogens is 2. The molecule has 27 heteroatoms. The van der Waals surface area contributed by atoms with Gasteiger partial charge >= 0.3 is 40.0 Å². The second-order valence-electron chi connectivity index (χ2n) is 18.3. The normalized spacial score (nSPS) is 29.1. The second-order valence-corrected chi connectivity index (χ2v) is 19.4. The van der Waals surface area contributed by atoms with Gasteiger partial charge in [0.05, 0.1) is 6.42 Å². The van der Waals surface area contributed by atoms with Crippen LogP contribution in [0.25, 0.3) is 0 Å². The van der Waals surface area contributed by atoms with Gasteiger partial charge in [-0.3, -0.25) is 43.0 Å². The van der Waals surface area contributed by atoms with Crippen molar-refractivity contribution < 1.29 is 90.3 Å². The molecular weight excluding hydrogens is 943 g/mol. The summed E-state index contributed by atoms with van der Waals surface area (Å²) in [4.78, 5) is 94.1. The lowest BCUT2D eigenvalue weighted by molar-refractivity contribution is -0.230. The lowest BCUT2D eigenvalue weighted by Gasteiger charge is -2.38. The Balaban J connectivity index is 1.66. The van der Waals surface area contributed by atoms with Gasteiger partial charge in [-0.2, -0.15) is 8.42 Å². The molecule has 1 aromatic heterocycles. The van der Waals surface area contributed by atoms with E-state index >= 15 is 0 Å². The summed E-state index contributed by atoms with van der Waals surface area (Å²) in [5, 5.41) is 53.4. The predicted octanol–water partition coefficient (Wildman–Crippen LogP) is -1.51.